The third-order valence-electron chi connectivity index (χ3n) is 1.55. The van der Waals surface area contributed by atoms with Gasteiger partial charge >= 0.3 is 0 Å². The Morgan fingerprint density at radius 2 is 2.18 bits per heavy atom. The maximum Gasteiger partial charge on any atom is 0.286 e. The largest absolute Gasteiger partial charge is 0.423 e. The van der Waals surface area contributed by atoms with Crippen molar-refractivity contribution in [3.05, 3.63) is 35.4 Å². The van der Waals surface area contributed by atoms with Crippen molar-refractivity contribution in [2.24, 2.45) is 0 Å². The lowest BCUT2D eigenvalue weighted by molar-refractivity contribution is 0.257. The smallest absolute Gasteiger partial charge is 0.286 e. The Morgan fingerprint density at radius 3 is 2.82 bits per heavy atom. The summed E-state index contributed by atoms with van der Waals surface area (Å²) in [7, 11) is 0. The first-order chi connectivity index (χ1) is 5.34. The van der Waals surface area contributed by atoms with Gasteiger partial charge in [-0.05, 0) is 18.1 Å². The van der Waals surface area contributed by atoms with Crippen molar-refractivity contribution < 1.29 is 4.74 Å². The molecule has 0 spiro atoms. The number of nitrogens with zero attached hydrogens (tertiary/aromatic N) is 1. The molecule has 1 aromatic carbocycles. The zero-order valence-electron chi connectivity index (χ0n) is 6.37. The molecule has 0 aliphatic heterocycles. The van der Waals surface area contributed by atoms with Gasteiger partial charge in [-0.25, -0.2) is 0 Å². The van der Waals surface area contributed by atoms with E-state index >= 15 is 0 Å². The Balaban J connectivity index is 2.71. The summed E-state index contributed by atoms with van der Waals surface area (Å²) < 4.78 is 4.61. The minimum Gasteiger partial charge on any atom is -0.423 e. The number of hydrogen-bond acceptors (Lipinski definition) is 2. The van der Waals surface area contributed by atoms with Gasteiger partial charge in [-0.2, -0.15) is 5.26 Å². The molecule has 2 heteroatoms. The molecule has 1 rings (SSSR count). The molecule has 0 saturated carbocycles. The molecule has 0 aliphatic rings. The number of aryl methyl sites for hydroxylation is 1. The van der Waals surface area contributed by atoms with E-state index in [4.69, 9.17) is 5.26 Å². The summed E-state index contributed by atoms with van der Waals surface area (Å²) in [6, 6.07) is 7.84. The lowest BCUT2D eigenvalue weighted by Gasteiger charge is -2.00. The molecular formula is C9H9NO. The van der Waals surface area contributed by atoms with Gasteiger partial charge in [0, 0.05) is 0 Å². The summed E-state index contributed by atoms with van der Waals surface area (Å²) in [6.45, 7) is 2.37. The van der Waals surface area contributed by atoms with Crippen molar-refractivity contribution in [2.75, 3.05) is 0 Å². The van der Waals surface area contributed by atoms with Crippen molar-refractivity contribution >= 4 is 0 Å². The molecule has 11 heavy (non-hydrogen) atoms. The monoisotopic (exact) mass is 147 g/mol. The van der Waals surface area contributed by atoms with Crippen LogP contribution in [0.3, 0.4) is 0 Å². The molecule has 0 saturated heterocycles. The van der Waals surface area contributed by atoms with Gasteiger partial charge in [0.15, 0.2) is 0 Å². The van der Waals surface area contributed by atoms with Crippen LogP contribution in [0, 0.1) is 18.4 Å². The van der Waals surface area contributed by atoms with Gasteiger partial charge in [0.1, 0.15) is 6.61 Å². The van der Waals surface area contributed by atoms with Crippen LogP contribution in [0.4, 0.5) is 0 Å². The summed E-state index contributed by atoms with van der Waals surface area (Å²) in [6.07, 6.45) is 1.64. The highest BCUT2D eigenvalue weighted by Gasteiger charge is 1.94. The average molecular weight is 147 g/mol. The van der Waals surface area contributed by atoms with Crippen molar-refractivity contribution in [1.29, 1.82) is 5.26 Å². The second-order valence-electron chi connectivity index (χ2n) is 2.31. The van der Waals surface area contributed by atoms with Gasteiger partial charge < -0.3 is 4.74 Å². The molecule has 0 atom stereocenters. The third-order valence-corrected chi connectivity index (χ3v) is 1.55. The summed E-state index contributed by atoms with van der Waals surface area (Å²) >= 11 is 0. The Morgan fingerprint density at radius 1 is 1.45 bits per heavy atom. The van der Waals surface area contributed by atoms with Crippen LogP contribution < -0.4 is 0 Å². The fourth-order valence-corrected chi connectivity index (χ4v) is 0.882. The lowest BCUT2D eigenvalue weighted by atomic mass is 10.1. The second-order valence-corrected chi connectivity index (χ2v) is 2.31. The van der Waals surface area contributed by atoms with E-state index in [0.717, 1.165) is 11.1 Å². The standard InChI is InChI=1S/C9H9NO/c1-8-4-2-3-5-9(8)6-11-7-10/h2-5H,6H2,1H3. The van der Waals surface area contributed by atoms with Gasteiger partial charge in [0.05, 0.1) is 0 Å². The van der Waals surface area contributed by atoms with E-state index in [1.807, 2.05) is 31.2 Å². The molecule has 0 amide bonds. The molecule has 1 aromatic rings. The number of hydrogen-bond donors (Lipinski definition) is 0. The van der Waals surface area contributed by atoms with Crippen molar-refractivity contribution in [3.8, 4) is 6.26 Å². The Bertz CT molecular complexity index is 275. The Hall–Kier alpha value is -1.49. The maximum absolute atomic E-state index is 8.15. The molecule has 0 fully saturated rings. The molecule has 0 N–H and O–H groups in total. The van der Waals surface area contributed by atoms with Crippen molar-refractivity contribution in [1.82, 2.24) is 0 Å². The van der Waals surface area contributed by atoms with Crippen LogP contribution in [0.2, 0.25) is 0 Å². The number of benzene rings is 1. The van der Waals surface area contributed by atoms with Gasteiger partial charge in [-0.15, -0.1) is 0 Å². The third kappa shape index (κ3) is 1.98. The highest BCUT2D eigenvalue weighted by atomic mass is 16.5. The fourth-order valence-electron chi connectivity index (χ4n) is 0.882. The van der Waals surface area contributed by atoms with Crippen LogP contribution in [0.1, 0.15) is 11.1 Å². The van der Waals surface area contributed by atoms with Crippen molar-refractivity contribution in [2.45, 2.75) is 13.5 Å². The predicted octanol–water partition coefficient (Wildman–Crippen LogP) is 1.99. The van der Waals surface area contributed by atoms with Gasteiger partial charge in [0.25, 0.3) is 6.26 Å². The minimum atomic E-state index is 0.378. The second kappa shape index (κ2) is 3.62. The molecule has 2 nitrogen and oxygen atoms in total. The van der Waals surface area contributed by atoms with Crippen LogP contribution in [0.5, 0.6) is 0 Å². The first-order valence-corrected chi connectivity index (χ1v) is 3.40. The van der Waals surface area contributed by atoms with Gasteiger partial charge in [0.2, 0.25) is 0 Å². The molecular weight excluding hydrogens is 138 g/mol. The molecule has 0 unspecified atom stereocenters. The lowest BCUT2D eigenvalue weighted by Crippen LogP contribution is -1.89. The van der Waals surface area contributed by atoms with E-state index in [-0.39, 0.29) is 0 Å². The average Bonchev–Trinajstić information content (AvgIpc) is 2.03. The van der Waals surface area contributed by atoms with Crippen LogP contribution in [-0.4, -0.2) is 0 Å². The van der Waals surface area contributed by atoms with E-state index in [9.17, 15) is 0 Å². The van der Waals surface area contributed by atoms with E-state index in [1.54, 1.807) is 6.26 Å². The van der Waals surface area contributed by atoms with E-state index in [0.29, 0.717) is 6.61 Å². The Labute approximate surface area is 66.0 Å². The molecule has 0 aliphatic carbocycles. The Kier molecular flexibility index (Phi) is 2.51. The summed E-state index contributed by atoms with van der Waals surface area (Å²) in [5, 5.41) is 8.15. The van der Waals surface area contributed by atoms with Crippen LogP contribution in [0.15, 0.2) is 24.3 Å². The van der Waals surface area contributed by atoms with E-state index in [2.05, 4.69) is 4.74 Å². The predicted molar refractivity (Wildman–Crippen MR) is 41.6 cm³/mol. The normalized spacial score (nSPS) is 8.73. The summed E-state index contributed by atoms with van der Waals surface area (Å²) in [5.74, 6) is 0. The molecule has 0 heterocycles. The highest BCUT2D eigenvalue weighted by molar-refractivity contribution is 5.24. The first-order valence-electron chi connectivity index (χ1n) is 3.40. The SMILES string of the molecule is Cc1ccccc1COC#N. The fraction of sp³-hybridized carbons (Fsp3) is 0.222. The number of nitriles is 1. The summed E-state index contributed by atoms with van der Waals surface area (Å²) in [4.78, 5) is 0. The molecule has 0 radical (unpaired) electrons. The van der Waals surface area contributed by atoms with Gasteiger partial charge in [-0.1, -0.05) is 24.3 Å². The highest BCUT2D eigenvalue weighted by Crippen LogP contribution is 2.07. The summed E-state index contributed by atoms with van der Waals surface area (Å²) in [5.41, 5.74) is 2.22. The van der Waals surface area contributed by atoms with Crippen LogP contribution >= 0.6 is 0 Å². The maximum atomic E-state index is 8.15. The zero-order valence-corrected chi connectivity index (χ0v) is 6.37. The topological polar surface area (TPSA) is 33.0 Å². The van der Waals surface area contributed by atoms with Crippen LogP contribution in [-0.2, 0) is 11.3 Å². The first kappa shape index (κ1) is 7.62. The van der Waals surface area contributed by atoms with Crippen molar-refractivity contribution in [3.63, 3.8) is 0 Å². The zero-order chi connectivity index (χ0) is 8.10. The van der Waals surface area contributed by atoms with E-state index in [1.165, 1.54) is 0 Å². The van der Waals surface area contributed by atoms with Crippen LogP contribution in [0.25, 0.3) is 0 Å². The number of rotatable bonds is 2. The molecule has 0 aromatic heterocycles. The minimum absolute atomic E-state index is 0.378. The molecule has 56 valence electrons. The molecule has 0 bridgehead atoms. The number of ether oxygens (including phenoxy) is 1. The quantitative estimate of drug-likeness (QED) is 0.599. The van der Waals surface area contributed by atoms with E-state index < -0.39 is 0 Å². The van der Waals surface area contributed by atoms with Gasteiger partial charge in [-0.3, -0.25) is 0 Å².